The summed E-state index contributed by atoms with van der Waals surface area (Å²) in [6.07, 6.45) is 0. The SMILES string of the molecule is CC(C)(C)NS(=O)(=O)c1sccc1CBr. The first-order valence-electron chi connectivity index (χ1n) is 4.42. The van der Waals surface area contributed by atoms with Crippen molar-refractivity contribution in [2.45, 2.75) is 35.8 Å². The van der Waals surface area contributed by atoms with Crippen LogP contribution in [0.4, 0.5) is 0 Å². The first kappa shape index (κ1) is 13.2. The van der Waals surface area contributed by atoms with E-state index in [0.717, 1.165) is 5.56 Å². The maximum absolute atomic E-state index is 12.0. The lowest BCUT2D eigenvalue weighted by molar-refractivity contribution is 0.492. The van der Waals surface area contributed by atoms with Gasteiger partial charge in [-0.15, -0.1) is 11.3 Å². The number of thiophene rings is 1. The molecule has 0 aliphatic heterocycles. The Bertz CT molecular complexity index is 431. The molecule has 0 spiro atoms. The van der Waals surface area contributed by atoms with E-state index in [-0.39, 0.29) is 0 Å². The smallest absolute Gasteiger partial charge is 0.206 e. The van der Waals surface area contributed by atoms with Gasteiger partial charge >= 0.3 is 0 Å². The third-order valence-electron chi connectivity index (χ3n) is 1.54. The fraction of sp³-hybridized carbons (Fsp3) is 0.556. The number of rotatable bonds is 3. The average molecular weight is 312 g/mol. The van der Waals surface area contributed by atoms with E-state index in [1.807, 2.05) is 26.8 Å². The summed E-state index contributed by atoms with van der Waals surface area (Å²) in [7, 11) is -3.38. The van der Waals surface area contributed by atoms with E-state index in [2.05, 4.69) is 20.7 Å². The van der Waals surface area contributed by atoms with E-state index in [0.29, 0.717) is 9.54 Å². The van der Waals surface area contributed by atoms with Gasteiger partial charge in [-0.1, -0.05) is 15.9 Å². The molecule has 1 N–H and O–H groups in total. The van der Waals surface area contributed by atoms with Crippen molar-refractivity contribution in [2.75, 3.05) is 0 Å². The molecular formula is C9H14BrNO2S2. The Balaban J connectivity index is 3.07. The zero-order valence-electron chi connectivity index (χ0n) is 8.87. The van der Waals surface area contributed by atoms with Crippen LogP contribution >= 0.6 is 27.3 Å². The largest absolute Gasteiger partial charge is 0.250 e. The molecule has 1 aromatic rings. The second-order valence-electron chi connectivity index (χ2n) is 4.22. The third-order valence-corrected chi connectivity index (χ3v) is 5.47. The molecule has 0 radical (unpaired) electrons. The van der Waals surface area contributed by atoms with Crippen LogP contribution < -0.4 is 4.72 Å². The van der Waals surface area contributed by atoms with Gasteiger partial charge in [0, 0.05) is 10.9 Å². The van der Waals surface area contributed by atoms with Crippen LogP contribution in [0, 0.1) is 0 Å². The number of nitrogens with one attached hydrogen (secondary N) is 1. The van der Waals surface area contributed by atoms with Gasteiger partial charge < -0.3 is 0 Å². The standard InChI is InChI=1S/C9H14BrNO2S2/c1-9(2,3)11-15(12,13)8-7(6-10)4-5-14-8/h4-5,11H,6H2,1-3H3. The van der Waals surface area contributed by atoms with E-state index >= 15 is 0 Å². The Morgan fingerprint density at radius 1 is 1.47 bits per heavy atom. The van der Waals surface area contributed by atoms with E-state index in [1.54, 1.807) is 5.38 Å². The first-order valence-corrected chi connectivity index (χ1v) is 7.91. The van der Waals surface area contributed by atoms with Gasteiger partial charge in [0.05, 0.1) is 0 Å². The van der Waals surface area contributed by atoms with Gasteiger partial charge in [0.25, 0.3) is 10.0 Å². The van der Waals surface area contributed by atoms with Gasteiger partial charge in [-0.25, -0.2) is 13.1 Å². The molecule has 1 aromatic heterocycles. The Morgan fingerprint density at radius 3 is 2.53 bits per heavy atom. The normalized spacial score (nSPS) is 13.1. The molecule has 0 saturated heterocycles. The highest BCUT2D eigenvalue weighted by molar-refractivity contribution is 9.08. The summed E-state index contributed by atoms with van der Waals surface area (Å²) >= 11 is 4.52. The molecule has 0 aliphatic rings. The van der Waals surface area contributed by atoms with Crippen LogP contribution in [0.25, 0.3) is 0 Å². The zero-order valence-corrected chi connectivity index (χ0v) is 12.1. The van der Waals surface area contributed by atoms with Crippen LogP contribution in [0.15, 0.2) is 15.7 Å². The lowest BCUT2D eigenvalue weighted by atomic mass is 10.1. The molecule has 0 aromatic carbocycles. The average Bonchev–Trinajstić information content (AvgIpc) is 2.46. The van der Waals surface area contributed by atoms with Crippen LogP contribution in [0.3, 0.4) is 0 Å². The zero-order chi connectivity index (χ0) is 11.7. The topological polar surface area (TPSA) is 46.2 Å². The minimum atomic E-state index is -3.38. The molecule has 3 nitrogen and oxygen atoms in total. The van der Waals surface area contributed by atoms with Crippen LogP contribution in [-0.2, 0) is 15.4 Å². The second kappa shape index (κ2) is 4.53. The van der Waals surface area contributed by atoms with Crippen LogP contribution in [0.2, 0.25) is 0 Å². The quantitative estimate of drug-likeness (QED) is 0.872. The molecule has 15 heavy (non-hydrogen) atoms. The molecule has 0 atom stereocenters. The molecule has 86 valence electrons. The predicted molar refractivity (Wildman–Crippen MR) is 67.0 cm³/mol. The summed E-state index contributed by atoms with van der Waals surface area (Å²) in [6.45, 7) is 5.48. The van der Waals surface area contributed by atoms with Crippen molar-refractivity contribution < 1.29 is 8.42 Å². The van der Waals surface area contributed by atoms with Crippen molar-refractivity contribution in [3.63, 3.8) is 0 Å². The lowest BCUT2D eigenvalue weighted by Gasteiger charge is -2.20. The molecule has 0 saturated carbocycles. The van der Waals surface area contributed by atoms with Crippen LogP contribution in [-0.4, -0.2) is 14.0 Å². The Morgan fingerprint density at radius 2 is 2.07 bits per heavy atom. The van der Waals surface area contributed by atoms with Gasteiger partial charge in [0.2, 0.25) is 0 Å². The summed E-state index contributed by atoms with van der Waals surface area (Å²) in [6, 6.07) is 1.82. The first-order chi connectivity index (χ1) is 6.76. The molecule has 0 aliphatic carbocycles. The monoisotopic (exact) mass is 311 g/mol. The molecule has 1 heterocycles. The fourth-order valence-electron chi connectivity index (χ4n) is 1.11. The molecular weight excluding hydrogens is 298 g/mol. The summed E-state index contributed by atoms with van der Waals surface area (Å²) < 4.78 is 27.0. The highest BCUT2D eigenvalue weighted by atomic mass is 79.9. The highest BCUT2D eigenvalue weighted by Crippen LogP contribution is 2.25. The summed E-state index contributed by atoms with van der Waals surface area (Å²) in [5, 5.41) is 2.34. The minimum Gasteiger partial charge on any atom is -0.206 e. The van der Waals surface area contributed by atoms with Crippen molar-refractivity contribution in [1.82, 2.24) is 4.72 Å². The van der Waals surface area contributed by atoms with Crippen LogP contribution in [0.1, 0.15) is 26.3 Å². The van der Waals surface area contributed by atoms with Crippen molar-refractivity contribution in [2.24, 2.45) is 0 Å². The lowest BCUT2D eigenvalue weighted by Crippen LogP contribution is -2.40. The summed E-state index contributed by atoms with van der Waals surface area (Å²) in [5.41, 5.74) is 0.351. The highest BCUT2D eigenvalue weighted by Gasteiger charge is 2.25. The Kier molecular flexibility index (Phi) is 3.97. The molecule has 1 rings (SSSR count). The number of halogens is 1. The van der Waals surface area contributed by atoms with Gasteiger partial charge in [0.15, 0.2) is 0 Å². The second-order valence-corrected chi connectivity index (χ2v) is 7.58. The summed E-state index contributed by atoms with van der Waals surface area (Å²) in [4.78, 5) is 0. The molecule has 0 amide bonds. The number of alkyl halides is 1. The van der Waals surface area contributed by atoms with Gasteiger partial charge in [-0.05, 0) is 37.8 Å². The third kappa shape index (κ3) is 3.55. The molecule has 0 fully saturated rings. The van der Waals surface area contributed by atoms with Crippen LogP contribution in [0.5, 0.6) is 0 Å². The van der Waals surface area contributed by atoms with Gasteiger partial charge in [0.1, 0.15) is 4.21 Å². The van der Waals surface area contributed by atoms with Crippen molar-refractivity contribution in [3.8, 4) is 0 Å². The van der Waals surface area contributed by atoms with Crippen molar-refractivity contribution >= 4 is 37.3 Å². The number of hydrogen-bond donors (Lipinski definition) is 1. The molecule has 0 unspecified atom stereocenters. The van der Waals surface area contributed by atoms with E-state index in [9.17, 15) is 8.42 Å². The molecule has 0 bridgehead atoms. The van der Waals surface area contributed by atoms with Crippen molar-refractivity contribution in [3.05, 3.63) is 17.0 Å². The maximum atomic E-state index is 12.0. The number of hydrogen-bond acceptors (Lipinski definition) is 3. The summed E-state index contributed by atoms with van der Waals surface area (Å²) in [5.74, 6) is 0. The maximum Gasteiger partial charge on any atom is 0.250 e. The predicted octanol–water partition coefficient (Wildman–Crippen LogP) is 2.72. The van der Waals surface area contributed by atoms with E-state index in [4.69, 9.17) is 0 Å². The minimum absolute atomic E-state index is 0.398. The Labute approximate surface area is 103 Å². The fourth-order valence-corrected chi connectivity index (χ4v) is 4.77. The Hall–Kier alpha value is 0.0900. The van der Waals surface area contributed by atoms with E-state index in [1.165, 1.54) is 11.3 Å². The van der Waals surface area contributed by atoms with Gasteiger partial charge in [-0.2, -0.15) is 0 Å². The molecule has 6 heteroatoms. The van der Waals surface area contributed by atoms with Crippen molar-refractivity contribution in [1.29, 1.82) is 0 Å². The van der Waals surface area contributed by atoms with E-state index < -0.39 is 15.6 Å². The van der Waals surface area contributed by atoms with Gasteiger partial charge in [-0.3, -0.25) is 0 Å². The number of sulfonamides is 1.